The van der Waals surface area contributed by atoms with Crippen molar-refractivity contribution in [2.24, 2.45) is 5.73 Å². The van der Waals surface area contributed by atoms with E-state index in [0.717, 1.165) is 39.4 Å². The van der Waals surface area contributed by atoms with Crippen molar-refractivity contribution in [3.8, 4) is 0 Å². The zero-order chi connectivity index (χ0) is 19.1. The van der Waals surface area contributed by atoms with Crippen molar-refractivity contribution in [1.29, 1.82) is 0 Å². The molecule has 3 N–H and O–H groups in total. The first kappa shape index (κ1) is 18.8. The summed E-state index contributed by atoms with van der Waals surface area (Å²) in [5, 5.41) is 4.48. The van der Waals surface area contributed by atoms with Crippen LogP contribution in [0, 0.1) is 0 Å². The number of furan rings is 1. The minimum absolute atomic E-state index is 0.0641. The number of thiophene rings is 1. The van der Waals surface area contributed by atoms with Crippen LogP contribution in [0.3, 0.4) is 0 Å². The van der Waals surface area contributed by atoms with Crippen molar-refractivity contribution in [3.05, 3.63) is 56.4 Å². The van der Waals surface area contributed by atoms with Crippen LogP contribution in [0.25, 0.3) is 10.2 Å². The summed E-state index contributed by atoms with van der Waals surface area (Å²) in [6.45, 7) is 4.91. The lowest BCUT2D eigenvalue weighted by molar-refractivity contribution is 0.498. The first-order valence-corrected chi connectivity index (χ1v) is 10.5. The lowest BCUT2D eigenvalue weighted by Crippen LogP contribution is -2.31. The quantitative estimate of drug-likeness (QED) is 0.380. The highest BCUT2D eigenvalue weighted by Crippen LogP contribution is 2.47. The number of anilines is 1. The third-order valence-corrected chi connectivity index (χ3v) is 7.29. The van der Waals surface area contributed by atoms with E-state index in [2.05, 4.69) is 24.1 Å². The Hall–Kier alpha value is -1.53. The maximum atomic E-state index is 6.75. The number of nitrogens with one attached hydrogen (secondary N) is 1. The number of allylic oxidation sites excluding steroid dienone is 1. The maximum Gasteiger partial charge on any atom is 0.131 e. The van der Waals surface area contributed by atoms with E-state index in [-0.39, 0.29) is 12.0 Å². The van der Waals surface area contributed by atoms with Crippen molar-refractivity contribution < 1.29 is 4.42 Å². The van der Waals surface area contributed by atoms with Crippen molar-refractivity contribution in [2.75, 3.05) is 5.32 Å². The normalized spacial score (nSPS) is 20.5. The van der Waals surface area contributed by atoms with Crippen molar-refractivity contribution in [2.45, 2.75) is 45.2 Å². The SMILES string of the molecule is CC1=C(C)C[C@H](N)[C@@H](c2sc3c(NCc4ccco4)cc(Cl)nc3c2Cl)C1. The van der Waals surface area contributed by atoms with Gasteiger partial charge in [-0.1, -0.05) is 34.3 Å². The van der Waals surface area contributed by atoms with Gasteiger partial charge in [0.1, 0.15) is 16.4 Å². The molecule has 7 heteroatoms. The second-order valence-electron chi connectivity index (χ2n) is 7.12. The zero-order valence-electron chi connectivity index (χ0n) is 15.2. The van der Waals surface area contributed by atoms with E-state index in [0.29, 0.717) is 16.7 Å². The Kier molecular flexibility index (Phi) is 5.21. The molecule has 1 aliphatic carbocycles. The summed E-state index contributed by atoms with van der Waals surface area (Å²) in [5.41, 5.74) is 10.9. The van der Waals surface area contributed by atoms with Crippen LogP contribution >= 0.6 is 34.5 Å². The van der Waals surface area contributed by atoms with Crippen LogP contribution in [0.1, 0.15) is 43.2 Å². The van der Waals surface area contributed by atoms with Gasteiger partial charge in [0.15, 0.2) is 0 Å². The molecule has 0 saturated carbocycles. The summed E-state index contributed by atoms with van der Waals surface area (Å²) in [4.78, 5) is 5.58. The van der Waals surface area contributed by atoms with E-state index in [1.54, 1.807) is 17.6 Å². The van der Waals surface area contributed by atoms with Crippen molar-refractivity contribution in [3.63, 3.8) is 0 Å². The largest absolute Gasteiger partial charge is 0.467 e. The van der Waals surface area contributed by atoms with E-state index < -0.39 is 0 Å². The Morgan fingerprint density at radius 1 is 1.30 bits per heavy atom. The summed E-state index contributed by atoms with van der Waals surface area (Å²) in [6, 6.07) is 5.70. The topological polar surface area (TPSA) is 64.1 Å². The number of rotatable bonds is 4. The number of fused-ring (bicyclic) bond motifs is 1. The fraction of sp³-hybridized carbons (Fsp3) is 0.350. The predicted molar refractivity (Wildman–Crippen MR) is 114 cm³/mol. The lowest BCUT2D eigenvalue weighted by atomic mass is 9.81. The van der Waals surface area contributed by atoms with Crippen LogP contribution in [0.15, 0.2) is 40.0 Å². The minimum atomic E-state index is 0.0641. The summed E-state index contributed by atoms with van der Waals surface area (Å²) < 4.78 is 6.40. The molecular weight excluding hydrogens is 401 g/mol. The monoisotopic (exact) mass is 421 g/mol. The molecule has 0 spiro atoms. The van der Waals surface area contributed by atoms with Crippen LogP contribution < -0.4 is 11.1 Å². The number of hydrogen-bond donors (Lipinski definition) is 2. The molecule has 142 valence electrons. The Labute approximate surface area is 172 Å². The highest BCUT2D eigenvalue weighted by molar-refractivity contribution is 7.20. The minimum Gasteiger partial charge on any atom is -0.467 e. The number of nitrogens with two attached hydrogens (primary N) is 1. The molecule has 4 nitrogen and oxygen atoms in total. The zero-order valence-corrected chi connectivity index (χ0v) is 17.5. The highest BCUT2D eigenvalue weighted by atomic mass is 35.5. The Bertz CT molecular complexity index is 1010. The third-order valence-electron chi connectivity index (χ3n) is 5.26. The summed E-state index contributed by atoms with van der Waals surface area (Å²) in [5.74, 6) is 1.06. The van der Waals surface area contributed by atoms with Gasteiger partial charge in [-0.15, -0.1) is 11.3 Å². The van der Waals surface area contributed by atoms with Crippen LogP contribution in [-0.4, -0.2) is 11.0 Å². The molecule has 3 aromatic heterocycles. The highest BCUT2D eigenvalue weighted by Gasteiger charge is 2.30. The van der Waals surface area contributed by atoms with Gasteiger partial charge in [0.2, 0.25) is 0 Å². The van der Waals surface area contributed by atoms with Crippen LogP contribution in [0.4, 0.5) is 5.69 Å². The molecule has 0 saturated heterocycles. The predicted octanol–water partition coefficient (Wildman–Crippen LogP) is 6.35. The summed E-state index contributed by atoms with van der Waals surface area (Å²) >= 11 is 14.7. The molecule has 0 aliphatic heterocycles. The molecule has 0 radical (unpaired) electrons. The van der Waals surface area contributed by atoms with E-state index in [4.69, 9.17) is 33.4 Å². The van der Waals surface area contributed by atoms with Gasteiger partial charge in [0, 0.05) is 22.9 Å². The van der Waals surface area contributed by atoms with Crippen molar-refractivity contribution >= 4 is 50.4 Å². The second-order valence-corrected chi connectivity index (χ2v) is 8.94. The Balaban J connectivity index is 1.73. The van der Waals surface area contributed by atoms with Gasteiger partial charge in [0.05, 0.1) is 28.2 Å². The van der Waals surface area contributed by atoms with E-state index >= 15 is 0 Å². The van der Waals surface area contributed by atoms with Crippen LogP contribution in [0.5, 0.6) is 0 Å². The number of aromatic nitrogens is 1. The number of hydrogen-bond acceptors (Lipinski definition) is 5. The smallest absolute Gasteiger partial charge is 0.131 e. The molecule has 0 fully saturated rings. The van der Waals surface area contributed by atoms with Gasteiger partial charge in [-0.25, -0.2) is 4.98 Å². The summed E-state index contributed by atoms with van der Waals surface area (Å²) in [6.07, 6.45) is 3.50. The number of pyridine rings is 1. The van der Waals surface area contributed by atoms with E-state index in [9.17, 15) is 0 Å². The van der Waals surface area contributed by atoms with E-state index in [1.165, 1.54) is 11.1 Å². The molecule has 4 rings (SSSR count). The Morgan fingerprint density at radius 3 is 2.81 bits per heavy atom. The van der Waals surface area contributed by atoms with Crippen LogP contribution in [0.2, 0.25) is 10.2 Å². The molecule has 1 aliphatic rings. The molecule has 3 heterocycles. The number of halogens is 2. The van der Waals surface area contributed by atoms with Gasteiger partial charge in [-0.3, -0.25) is 0 Å². The molecule has 2 atom stereocenters. The first-order valence-electron chi connectivity index (χ1n) is 8.89. The molecule has 3 aromatic rings. The van der Waals surface area contributed by atoms with Crippen molar-refractivity contribution in [1.82, 2.24) is 4.98 Å². The summed E-state index contributed by atoms with van der Waals surface area (Å²) in [7, 11) is 0. The standard InChI is InChI=1S/C20H21Cl2N3OS/c1-10-6-13(14(23)7-11(10)2)19-17(22)18-20(27-19)15(8-16(21)25-18)24-9-12-4-3-5-26-12/h3-5,8,13-14H,6-7,9,23H2,1-2H3,(H,24,25)/t13-,14-/m0/s1. The molecule has 0 bridgehead atoms. The fourth-order valence-corrected chi connectivity index (χ4v) is 5.55. The van der Waals surface area contributed by atoms with Gasteiger partial charge in [-0.2, -0.15) is 0 Å². The lowest BCUT2D eigenvalue weighted by Gasteiger charge is -2.30. The molecule has 0 amide bonds. The fourth-order valence-electron chi connectivity index (χ4n) is 3.60. The average molecular weight is 422 g/mol. The first-order chi connectivity index (χ1) is 12.9. The van der Waals surface area contributed by atoms with Gasteiger partial charge < -0.3 is 15.5 Å². The number of nitrogens with zero attached hydrogens (tertiary/aromatic N) is 1. The maximum absolute atomic E-state index is 6.75. The third kappa shape index (κ3) is 3.61. The van der Waals surface area contributed by atoms with Gasteiger partial charge in [0.25, 0.3) is 0 Å². The Morgan fingerprint density at radius 2 is 2.07 bits per heavy atom. The van der Waals surface area contributed by atoms with Gasteiger partial charge in [-0.05, 0) is 38.8 Å². The average Bonchev–Trinajstić information content (AvgIpc) is 3.25. The molecule has 0 unspecified atom stereocenters. The van der Waals surface area contributed by atoms with Crippen LogP contribution in [-0.2, 0) is 6.54 Å². The molecule has 27 heavy (non-hydrogen) atoms. The van der Waals surface area contributed by atoms with E-state index in [1.807, 2.05) is 18.2 Å². The second kappa shape index (κ2) is 7.47. The van der Waals surface area contributed by atoms with Gasteiger partial charge >= 0.3 is 0 Å². The molecular formula is C20H21Cl2N3OS. The molecule has 0 aromatic carbocycles.